The molecular formula is C12H18N4O. The van der Waals surface area contributed by atoms with E-state index in [0.29, 0.717) is 6.61 Å². The minimum atomic E-state index is 0.523. The zero-order valence-electron chi connectivity index (χ0n) is 10.6. The molecule has 0 fully saturated rings. The molecule has 92 valence electrons. The number of aromatic nitrogens is 4. The summed E-state index contributed by atoms with van der Waals surface area (Å²) in [5.41, 5.74) is 2.07. The summed E-state index contributed by atoms with van der Waals surface area (Å²) < 4.78 is 9.40. The summed E-state index contributed by atoms with van der Waals surface area (Å²) in [7, 11) is 1.92. The lowest BCUT2D eigenvalue weighted by Gasteiger charge is -2.03. The molecule has 0 unspecified atom stereocenters. The molecule has 5 heteroatoms. The average Bonchev–Trinajstić information content (AvgIpc) is 2.83. The molecule has 0 radical (unpaired) electrons. The van der Waals surface area contributed by atoms with Crippen LogP contribution in [0.15, 0.2) is 18.5 Å². The second kappa shape index (κ2) is 5.03. The fourth-order valence-corrected chi connectivity index (χ4v) is 1.73. The highest BCUT2D eigenvalue weighted by atomic mass is 16.5. The van der Waals surface area contributed by atoms with Crippen LogP contribution in [0.3, 0.4) is 0 Å². The first-order valence-corrected chi connectivity index (χ1v) is 5.84. The fourth-order valence-electron chi connectivity index (χ4n) is 1.73. The molecule has 2 aromatic rings. The van der Waals surface area contributed by atoms with E-state index in [9.17, 15) is 0 Å². The molecule has 0 aromatic carbocycles. The second-order valence-corrected chi connectivity index (χ2v) is 4.13. The Labute approximate surface area is 101 Å². The van der Waals surface area contributed by atoms with E-state index in [1.54, 1.807) is 6.20 Å². The summed E-state index contributed by atoms with van der Waals surface area (Å²) in [5, 5.41) is 8.49. The number of hydrogen-bond acceptors (Lipinski definition) is 3. The van der Waals surface area contributed by atoms with Gasteiger partial charge in [-0.2, -0.15) is 10.2 Å². The van der Waals surface area contributed by atoms with E-state index in [4.69, 9.17) is 4.74 Å². The topological polar surface area (TPSA) is 44.9 Å². The largest absolute Gasteiger partial charge is 0.484 e. The van der Waals surface area contributed by atoms with Gasteiger partial charge in [0.2, 0.25) is 0 Å². The van der Waals surface area contributed by atoms with Crippen LogP contribution in [-0.4, -0.2) is 19.6 Å². The molecule has 0 amide bonds. The molecule has 0 saturated heterocycles. The van der Waals surface area contributed by atoms with Crippen LogP contribution in [0.25, 0.3) is 0 Å². The molecule has 2 rings (SSSR count). The van der Waals surface area contributed by atoms with Gasteiger partial charge in [0.1, 0.15) is 6.61 Å². The van der Waals surface area contributed by atoms with Gasteiger partial charge in [0.25, 0.3) is 0 Å². The Balaban J connectivity index is 1.95. The van der Waals surface area contributed by atoms with Gasteiger partial charge in [0, 0.05) is 13.6 Å². The van der Waals surface area contributed by atoms with Crippen molar-refractivity contribution in [3.05, 3.63) is 29.8 Å². The maximum absolute atomic E-state index is 5.67. The Morgan fingerprint density at radius 3 is 2.88 bits per heavy atom. The summed E-state index contributed by atoms with van der Waals surface area (Å²) in [6, 6.07) is 2.02. The highest BCUT2D eigenvalue weighted by Crippen LogP contribution is 2.12. The molecule has 17 heavy (non-hydrogen) atoms. The van der Waals surface area contributed by atoms with E-state index in [-0.39, 0.29) is 0 Å². The molecule has 0 saturated carbocycles. The summed E-state index contributed by atoms with van der Waals surface area (Å²) in [5.74, 6) is 0.803. The molecule has 2 aromatic heterocycles. The molecule has 2 heterocycles. The highest BCUT2D eigenvalue weighted by Gasteiger charge is 2.04. The van der Waals surface area contributed by atoms with Crippen LogP contribution in [-0.2, 0) is 20.2 Å². The van der Waals surface area contributed by atoms with E-state index in [1.165, 1.54) is 0 Å². The van der Waals surface area contributed by atoms with Crippen molar-refractivity contribution in [3.8, 4) is 5.75 Å². The molecule has 0 aliphatic rings. The monoisotopic (exact) mass is 234 g/mol. The predicted octanol–water partition coefficient (Wildman–Crippen LogP) is 1.91. The fraction of sp³-hybridized carbons (Fsp3) is 0.500. The maximum atomic E-state index is 5.67. The Hall–Kier alpha value is -1.78. The van der Waals surface area contributed by atoms with Crippen molar-refractivity contribution < 1.29 is 4.74 Å². The van der Waals surface area contributed by atoms with Gasteiger partial charge >= 0.3 is 0 Å². The van der Waals surface area contributed by atoms with E-state index < -0.39 is 0 Å². The van der Waals surface area contributed by atoms with Gasteiger partial charge in [0.05, 0.1) is 23.8 Å². The van der Waals surface area contributed by atoms with Gasteiger partial charge in [-0.3, -0.25) is 9.36 Å². The first kappa shape index (κ1) is 11.7. The van der Waals surface area contributed by atoms with Crippen LogP contribution in [0, 0.1) is 6.92 Å². The second-order valence-electron chi connectivity index (χ2n) is 4.13. The minimum Gasteiger partial charge on any atom is -0.484 e. The van der Waals surface area contributed by atoms with Crippen molar-refractivity contribution in [2.24, 2.45) is 7.05 Å². The number of rotatable bonds is 5. The van der Waals surface area contributed by atoms with Gasteiger partial charge in [-0.25, -0.2) is 0 Å². The van der Waals surface area contributed by atoms with Crippen LogP contribution in [0.2, 0.25) is 0 Å². The lowest BCUT2D eigenvalue weighted by atomic mass is 10.4. The average molecular weight is 234 g/mol. The summed E-state index contributed by atoms with van der Waals surface area (Å²) in [6.07, 6.45) is 4.74. The first-order chi connectivity index (χ1) is 8.19. The molecule has 0 bridgehead atoms. The Morgan fingerprint density at radius 2 is 2.24 bits per heavy atom. The highest BCUT2D eigenvalue weighted by molar-refractivity contribution is 5.14. The quantitative estimate of drug-likeness (QED) is 0.794. The normalized spacial score (nSPS) is 10.8. The van der Waals surface area contributed by atoms with E-state index in [2.05, 4.69) is 17.1 Å². The lowest BCUT2D eigenvalue weighted by molar-refractivity contribution is 0.294. The smallest absolute Gasteiger partial charge is 0.157 e. The molecular weight excluding hydrogens is 216 g/mol. The van der Waals surface area contributed by atoms with Gasteiger partial charge in [-0.05, 0) is 19.4 Å². The Kier molecular flexibility index (Phi) is 3.46. The van der Waals surface area contributed by atoms with Crippen LogP contribution in [0.1, 0.15) is 24.7 Å². The zero-order valence-corrected chi connectivity index (χ0v) is 10.6. The molecule has 0 spiro atoms. The van der Waals surface area contributed by atoms with Gasteiger partial charge in [-0.1, -0.05) is 6.92 Å². The van der Waals surface area contributed by atoms with Crippen molar-refractivity contribution in [3.63, 3.8) is 0 Å². The molecule has 0 aliphatic carbocycles. The van der Waals surface area contributed by atoms with Crippen LogP contribution in [0.5, 0.6) is 5.75 Å². The van der Waals surface area contributed by atoms with Crippen LogP contribution >= 0.6 is 0 Å². The number of nitrogens with zero attached hydrogens (tertiary/aromatic N) is 4. The summed E-state index contributed by atoms with van der Waals surface area (Å²) in [4.78, 5) is 0. The molecule has 0 atom stereocenters. The predicted molar refractivity (Wildman–Crippen MR) is 64.8 cm³/mol. The van der Waals surface area contributed by atoms with E-state index >= 15 is 0 Å². The SMILES string of the molecule is CCCn1cc(OCc2cc(C)nn2C)cn1. The standard InChI is InChI=1S/C12H18N4O/c1-4-5-16-8-12(7-13-16)17-9-11-6-10(2)14-15(11)3/h6-8H,4-5,9H2,1-3H3. The Morgan fingerprint density at radius 1 is 1.41 bits per heavy atom. The minimum absolute atomic E-state index is 0.523. The molecule has 0 aliphatic heterocycles. The summed E-state index contributed by atoms with van der Waals surface area (Å²) in [6.45, 7) is 5.55. The lowest BCUT2D eigenvalue weighted by Crippen LogP contribution is -2.02. The van der Waals surface area contributed by atoms with Crippen LogP contribution in [0.4, 0.5) is 0 Å². The third-order valence-electron chi connectivity index (χ3n) is 2.55. The summed E-state index contributed by atoms with van der Waals surface area (Å²) >= 11 is 0. The molecule has 0 N–H and O–H groups in total. The van der Waals surface area contributed by atoms with E-state index in [0.717, 1.165) is 30.1 Å². The van der Waals surface area contributed by atoms with Crippen molar-refractivity contribution >= 4 is 0 Å². The molecule has 5 nitrogen and oxygen atoms in total. The third kappa shape index (κ3) is 2.87. The van der Waals surface area contributed by atoms with Crippen molar-refractivity contribution in [1.29, 1.82) is 0 Å². The van der Waals surface area contributed by atoms with Gasteiger partial charge in [0.15, 0.2) is 5.75 Å². The number of hydrogen-bond donors (Lipinski definition) is 0. The van der Waals surface area contributed by atoms with Crippen molar-refractivity contribution in [2.45, 2.75) is 33.4 Å². The first-order valence-electron chi connectivity index (χ1n) is 5.84. The van der Waals surface area contributed by atoms with Gasteiger partial charge in [-0.15, -0.1) is 0 Å². The van der Waals surface area contributed by atoms with Crippen molar-refractivity contribution in [2.75, 3.05) is 0 Å². The maximum Gasteiger partial charge on any atom is 0.157 e. The number of aryl methyl sites for hydroxylation is 3. The number of ether oxygens (including phenoxy) is 1. The van der Waals surface area contributed by atoms with E-state index in [1.807, 2.05) is 35.6 Å². The van der Waals surface area contributed by atoms with Crippen molar-refractivity contribution in [1.82, 2.24) is 19.6 Å². The zero-order chi connectivity index (χ0) is 12.3. The van der Waals surface area contributed by atoms with Gasteiger partial charge < -0.3 is 4.74 Å². The van der Waals surface area contributed by atoms with Crippen LogP contribution < -0.4 is 4.74 Å². The third-order valence-corrected chi connectivity index (χ3v) is 2.55. The Bertz CT molecular complexity index is 486.